The van der Waals surface area contributed by atoms with Crippen LogP contribution in [0.1, 0.15) is 23.2 Å². The van der Waals surface area contributed by atoms with Gasteiger partial charge < -0.3 is 15.5 Å². The summed E-state index contributed by atoms with van der Waals surface area (Å²) in [7, 11) is 0. The standard InChI is InChI=1S/C19H16FN5O2/c1-10-8-16(25-24-10)22-18-14-7-6-13(26)9-15(14)21-19(23-18)17(27)11-2-4-12(20)5-3-11/h2-9,17,26-27H,1H3,(H2,21,22,23,24,25)/t17-/m1/s1. The van der Waals surface area contributed by atoms with Crippen LogP contribution in [0.5, 0.6) is 5.75 Å². The van der Waals surface area contributed by atoms with E-state index in [9.17, 15) is 14.6 Å². The van der Waals surface area contributed by atoms with Gasteiger partial charge in [0.1, 0.15) is 23.5 Å². The SMILES string of the molecule is Cc1cc(Nc2nc([C@H](O)c3ccc(F)cc3)nc3cc(O)ccc23)n[nH]1. The highest BCUT2D eigenvalue weighted by Gasteiger charge is 2.18. The Morgan fingerprint density at radius 1 is 1.07 bits per heavy atom. The van der Waals surface area contributed by atoms with Gasteiger partial charge in [0.25, 0.3) is 0 Å². The van der Waals surface area contributed by atoms with Crippen molar-refractivity contribution in [3.8, 4) is 5.75 Å². The second-order valence-electron chi connectivity index (χ2n) is 6.15. The van der Waals surface area contributed by atoms with E-state index in [1.54, 1.807) is 6.07 Å². The topological polar surface area (TPSA) is 107 Å². The molecule has 0 saturated heterocycles. The third kappa shape index (κ3) is 3.42. The Hall–Kier alpha value is -3.52. The van der Waals surface area contributed by atoms with E-state index < -0.39 is 11.9 Å². The van der Waals surface area contributed by atoms with E-state index >= 15 is 0 Å². The number of aliphatic hydroxyl groups is 1. The maximum atomic E-state index is 13.2. The van der Waals surface area contributed by atoms with Crippen molar-refractivity contribution in [2.24, 2.45) is 0 Å². The number of halogens is 1. The Morgan fingerprint density at radius 3 is 2.56 bits per heavy atom. The molecule has 0 aliphatic carbocycles. The van der Waals surface area contributed by atoms with Crippen molar-refractivity contribution in [1.82, 2.24) is 20.2 Å². The number of H-pyrrole nitrogens is 1. The predicted molar refractivity (Wildman–Crippen MR) is 98.3 cm³/mol. The first-order valence-electron chi connectivity index (χ1n) is 8.23. The fourth-order valence-electron chi connectivity index (χ4n) is 2.75. The molecule has 27 heavy (non-hydrogen) atoms. The number of hydrogen-bond acceptors (Lipinski definition) is 6. The van der Waals surface area contributed by atoms with Crippen LogP contribution in [0.25, 0.3) is 10.9 Å². The second-order valence-corrected chi connectivity index (χ2v) is 6.15. The van der Waals surface area contributed by atoms with E-state index in [0.717, 1.165) is 5.69 Å². The minimum atomic E-state index is -1.15. The number of hydrogen-bond donors (Lipinski definition) is 4. The average Bonchev–Trinajstić information content (AvgIpc) is 3.06. The Morgan fingerprint density at radius 2 is 1.85 bits per heavy atom. The van der Waals surface area contributed by atoms with Gasteiger partial charge in [0, 0.05) is 23.2 Å². The van der Waals surface area contributed by atoms with Gasteiger partial charge in [0.15, 0.2) is 11.6 Å². The van der Waals surface area contributed by atoms with Gasteiger partial charge in [-0.2, -0.15) is 5.10 Å². The summed E-state index contributed by atoms with van der Waals surface area (Å²) in [5, 5.41) is 31.1. The number of nitrogens with zero attached hydrogens (tertiary/aromatic N) is 3. The molecular formula is C19H16FN5O2. The van der Waals surface area contributed by atoms with Crippen molar-refractivity contribution in [2.75, 3.05) is 5.32 Å². The molecule has 136 valence electrons. The molecule has 8 heteroatoms. The number of nitrogens with one attached hydrogen (secondary N) is 2. The Balaban J connectivity index is 1.81. The van der Waals surface area contributed by atoms with E-state index in [4.69, 9.17) is 0 Å². The molecule has 0 spiro atoms. The molecule has 4 rings (SSSR count). The number of benzene rings is 2. The zero-order chi connectivity index (χ0) is 19.0. The Labute approximate surface area is 153 Å². The maximum absolute atomic E-state index is 13.2. The van der Waals surface area contributed by atoms with Gasteiger partial charge in [-0.15, -0.1) is 0 Å². The molecule has 0 aliphatic heterocycles. The lowest BCUT2D eigenvalue weighted by molar-refractivity contribution is 0.210. The zero-order valence-electron chi connectivity index (χ0n) is 14.3. The van der Waals surface area contributed by atoms with Crippen LogP contribution in [-0.4, -0.2) is 30.4 Å². The van der Waals surface area contributed by atoms with E-state index in [1.807, 2.05) is 13.0 Å². The molecule has 0 radical (unpaired) electrons. The number of aromatic amines is 1. The third-order valence-corrected chi connectivity index (χ3v) is 4.08. The molecule has 0 saturated carbocycles. The van der Waals surface area contributed by atoms with Gasteiger partial charge >= 0.3 is 0 Å². The molecule has 7 nitrogen and oxygen atoms in total. The molecule has 4 N–H and O–H groups in total. The predicted octanol–water partition coefficient (Wildman–Crippen LogP) is 3.33. The van der Waals surface area contributed by atoms with Crippen LogP contribution in [0, 0.1) is 12.7 Å². The number of aliphatic hydroxyl groups excluding tert-OH is 1. The van der Waals surface area contributed by atoms with Crippen molar-refractivity contribution < 1.29 is 14.6 Å². The van der Waals surface area contributed by atoms with Crippen molar-refractivity contribution in [1.29, 1.82) is 0 Å². The summed E-state index contributed by atoms with van der Waals surface area (Å²) in [4.78, 5) is 8.79. The van der Waals surface area contributed by atoms with Crippen LogP contribution >= 0.6 is 0 Å². The van der Waals surface area contributed by atoms with Crippen LogP contribution in [0.3, 0.4) is 0 Å². The minimum Gasteiger partial charge on any atom is -0.508 e. The van der Waals surface area contributed by atoms with E-state index in [2.05, 4.69) is 25.5 Å². The summed E-state index contributed by atoms with van der Waals surface area (Å²) >= 11 is 0. The first-order chi connectivity index (χ1) is 13.0. The molecular weight excluding hydrogens is 349 g/mol. The zero-order valence-corrected chi connectivity index (χ0v) is 14.3. The van der Waals surface area contributed by atoms with E-state index in [0.29, 0.717) is 28.1 Å². The molecule has 2 aromatic carbocycles. The van der Waals surface area contributed by atoms with Gasteiger partial charge in [-0.1, -0.05) is 12.1 Å². The van der Waals surface area contributed by atoms with Crippen LogP contribution < -0.4 is 5.32 Å². The first kappa shape index (κ1) is 16.9. The summed E-state index contributed by atoms with van der Waals surface area (Å²) in [6.45, 7) is 1.87. The van der Waals surface area contributed by atoms with Crippen LogP contribution in [0.2, 0.25) is 0 Å². The maximum Gasteiger partial charge on any atom is 0.164 e. The van der Waals surface area contributed by atoms with Gasteiger partial charge in [-0.05, 0) is 36.8 Å². The van der Waals surface area contributed by atoms with E-state index in [1.165, 1.54) is 36.4 Å². The largest absolute Gasteiger partial charge is 0.508 e. The van der Waals surface area contributed by atoms with Gasteiger partial charge in [0.05, 0.1) is 5.52 Å². The number of aryl methyl sites for hydroxylation is 1. The summed E-state index contributed by atoms with van der Waals surface area (Å²) in [5.74, 6) is 0.761. The molecule has 0 fully saturated rings. The number of fused-ring (bicyclic) bond motifs is 1. The summed E-state index contributed by atoms with van der Waals surface area (Å²) in [6, 6.07) is 12.0. The first-order valence-corrected chi connectivity index (χ1v) is 8.23. The van der Waals surface area contributed by atoms with E-state index in [-0.39, 0.29) is 11.6 Å². The van der Waals surface area contributed by atoms with Crippen molar-refractivity contribution in [3.63, 3.8) is 0 Å². The number of anilines is 2. The summed E-state index contributed by atoms with van der Waals surface area (Å²) in [5.41, 5.74) is 1.79. The van der Waals surface area contributed by atoms with Crippen molar-refractivity contribution >= 4 is 22.5 Å². The third-order valence-electron chi connectivity index (χ3n) is 4.08. The van der Waals surface area contributed by atoms with Gasteiger partial charge in [-0.3, -0.25) is 5.10 Å². The quantitative estimate of drug-likeness (QED) is 0.442. The lowest BCUT2D eigenvalue weighted by Gasteiger charge is -2.14. The number of phenolic OH excluding ortho intramolecular Hbond substituents is 1. The van der Waals surface area contributed by atoms with Crippen molar-refractivity contribution in [3.05, 3.63) is 71.4 Å². The molecule has 0 amide bonds. The summed E-state index contributed by atoms with van der Waals surface area (Å²) < 4.78 is 13.2. The van der Waals surface area contributed by atoms with Crippen LogP contribution in [0.15, 0.2) is 48.5 Å². The monoisotopic (exact) mass is 365 g/mol. The second kappa shape index (κ2) is 6.65. The number of aromatic nitrogens is 4. The molecule has 0 unspecified atom stereocenters. The van der Waals surface area contributed by atoms with Gasteiger partial charge in [0.2, 0.25) is 0 Å². The normalized spacial score (nSPS) is 12.3. The number of phenols is 1. The fraction of sp³-hybridized carbons (Fsp3) is 0.105. The molecule has 2 aromatic heterocycles. The Kier molecular flexibility index (Phi) is 4.17. The molecule has 0 aliphatic rings. The van der Waals surface area contributed by atoms with Gasteiger partial charge in [-0.25, -0.2) is 14.4 Å². The lowest BCUT2D eigenvalue weighted by atomic mass is 10.1. The minimum absolute atomic E-state index is 0.0463. The number of rotatable bonds is 4. The smallest absolute Gasteiger partial charge is 0.164 e. The van der Waals surface area contributed by atoms with Crippen LogP contribution in [-0.2, 0) is 0 Å². The number of aromatic hydroxyl groups is 1. The average molecular weight is 365 g/mol. The van der Waals surface area contributed by atoms with Crippen molar-refractivity contribution in [2.45, 2.75) is 13.0 Å². The highest BCUT2D eigenvalue weighted by atomic mass is 19.1. The summed E-state index contributed by atoms with van der Waals surface area (Å²) in [6.07, 6.45) is -1.15. The highest BCUT2D eigenvalue weighted by molar-refractivity contribution is 5.91. The fourth-order valence-corrected chi connectivity index (χ4v) is 2.75. The lowest BCUT2D eigenvalue weighted by Crippen LogP contribution is -2.08. The Bertz CT molecular complexity index is 1110. The highest BCUT2D eigenvalue weighted by Crippen LogP contribution is 2.29. The molecule has 0 bridgehead atoms. The van der Waals surface area contributed by atoms with Crippen LogP contribution in [0.4, 0.5) is 16.0 Å². The molecule has 1 atom stereocenters. The molecule has 4 aromatic rings. The molecule has 2 heterocycles.